The van der Waals surface area contributed by atoms with Crippen LogP contribution in [0, 0.1) is 11.7 Å². The standard InChI is InChI=1S/C22H26FN3O4S/c1-16(21(27)24-15-17-5-3-2-4-6-17)25-22(28)18-11-13-26(14-12-18)31(29,30)20-9-7-19(23)8-10-20/h2-10,16,18H,11-15H2,1H3,(H,24,27)(H,25,28). The van der Waals surface area contributed by atoms with Crippen LogP contribution in [0.5, 0.6) is 0 Å². The van der Waals surface area contributed by atoms with E-state index in [0.717, 1.165) is 17.7 Å². The lowest BCUT2D eigenvalue weighted by Crippen LogP contribution is -2.49. The molecule has 0 aromatic heterocycles. The van der Waals surface area contributed by atoms with Crippen LogP contribution in [0.2, 0.25) is 0 Å². The summed E-state index contributed by atoms with van der Waals surface area (Å²) in [4.78, 5) is 24.8. The van der Waals surface area contributed by atoms with Gasteiger partial charge in [-0.25, -0.2) is 12.8 Å². The third kappa shape index (κ3) is 5.89. The zero-order chi connectivity index (χ0) is 22.4. The number of hydrogen-bond acceptors (Lipinski definition) is 4. The lowest BCUT2D eigenvalue weighted by atomic mass is 9.97. The predicted octanol–water partition coefficient (Wildman–Crippen LogP) is 2.05. The van der Waals surface area contributed by atoms with Crippen LogP contribution in [0.25, 0.3) is 0 Å². The predicted molar refractivity (Wildman–Crippen MR) is 114 cm³/mol. The monoisotopic (exact) mass is 447 g/mol. The number of nitrogens with one attached hydrogen (secondary N) is 2. The van der Waals surface area contributed by atoms with Crippen molar-refractivity contribution in [2.75, 3.05) is 13.1 Å². The minimum absolute atomic E-state index is 0.0283. The number of benzene rings is 2. The van der Waals surface area contributed by atoms with Gasteiger partial charge in [-0.2, -0.15) is 4.31 Å². The molecule has 2 aromatic carbocycles. The summed E-state index contributed by atoms with van der Waals surface area (Å²) in [6.45, 7) is 2.37. The van der Waals surface area contributed by atoms with Gasteiger partial charge in [0.15, 0.2) is 0 Å². The molecule has 2 aromatic rings. The van der Waals surface area contributed by atoms with E-state index in [9.17, 15) is 22.4 Å². The molecular formula is C22H26FN3O4S. The third-order valence-electron chi connectivity index (χ3n) is 5.34. The summed E-state index contributed by atoms with van der Waals surface area (Å²) in [6, 6.07) is 13.5. The van der Waals surface area contributed by atoms with Crippen molar-refractivity contribution in [2.45, 2.75) is 37.2 Å². The largest absolute Gasteiger partial charge is 0.350 e. The Hall–Kier alpha value is -2.78. The van der Waals surface area contributed by atoms with Gasteiger partial charge in [0.2, 0.25) is 21.8 Å². The zero-order valence-corrected chi connectivity index (χ0v) is 18.1. The van der Waals surface area contributed by atoms with Crippen molar-refractivity contribution in [3.63, 3.8) is 0 Å². The molecular weight excluding hydrogens is 421 g/mol. The van der Waals surface area contributed by atoms with Crippen molar-refractivity contribution < 1.29 is 22.4 Å². The van der Waals surface area contributed by atoms with Gasteiger partial charge in [0.1, 0.15) is 11.9 Å². The summed E-state index contributed by atoms with van der Waals surface area (Å²) in [5, 5.41) is 5.50. The quantitative estimate of drug-likeness (QED) is 0.679. The lowest BCUT2D eigenvalue weighted by Gasteiger charge is -2.31. The molecule has 1 heterocycles. The Morgan fingerprint density at radius 1 is 1.06 bits per heavy atom. The highest BCUT2D eigenvalue weighted by atomic mass is 32.2. The van der Waals surface area contributed by atoms with Crippen molar-refractivity contribution in [2.24, 2.45) is 5.92 Å². The van der Waals surface area contributed by atoms with Crippen molar-refractivity contribution >= 4 is 21.8 Å². The van der Waals surface area contributed by atoms with E-state index in [2.05, 4.69) is 10.6 Å². The number of carbonyl (C=O) groups excluding carboxylic acids is 2. The molecule has 1 fully saturated rings. The number of hydrogen-bond donors (Lipinski definition) is 2. The Morgan fingerprint density at radius 3 is 2.29 bits per heavy atom. The molecule has 0 aliphatic carbocycles. The van der Waals surface area contributed by atoms with Crippen LogP contribution in [0.3, 0.4) is 0 Å². The third-order valence-corrected chi connectivity index (χ3v) is 7.25. The first-order valence-corrected chi connectivity index (χ1v) is 11.6. The molecule has 3 rings (SSSR count). The molecule has 1 unspecified atom stereocenters. The van der Waals surface area contributed by atoms with E-state index in [0.29, 0.717) is 19.4 Å². The number of halogens is 1. The van der Waals surface area contributed by atoms with E-state index in [1.54, 1.807) is 6.92 Å². The normalized spacial score (nSPS) is 16.5. The summed E-state index contributed by atoms with van der Waals surface area (Å²) >= 11 is 0. The van der Waals surface area contributed by atoms with Crippen molar-refractivity contribution in [3.05, 3.63) is 66.0 Å². The molecule has 1 atom stereocenters. The van der Waals surface area contributed by atoms with Crippen LogP contribution < -0.4 is 10.6 Å². The topological polar surface area (TPSA) is 95.6 Å². The van der Waals surface area contributed by atoms with Gasteiger partial charge in [0, 0.05) is 25.6 Å². The average molecular weight is 448 g/mol. The van der Waals surface area contributed by atoms with Gasteiger partial charge in [-0.15, -0.1) is 0 Å². The van der Waals surface area contributed by atoms with Crippen LogP contribution in [0.15, 0.2) is 59.5 Å². The molecule has 9 heteroatoms. The summed E-state index contributed by atoms with van der Waals surface area (Å²) in [6.07, 6.45) is 0.704. The molecule has 0 bridgehead atoms. The number of sulfonamides is 1. The smallest absolute Gasteiger partial charge is 0.243 e. The van der Waals surface area contributed by atoms with E-state index in [1.165, 1.54) is 16.4 Å². The van der Waals surface area contributed by atoms with Gasteiger partial charge < -0.3 is 10.6 Å². The minimum atomic E-state index is -3.73. The molecule has 166 valence electrons. The molecule has 1 aliphatic rings. The Labute approximate surface area is 181 Å². The molecule has 31 heavy (non-hydrogen) atoms. The van der Waals surface area contributed by atoms with E-state index in [1.807, 2.05) is 30.3 Å². The van der Waals surface area contributed by atoms with E-state index >= 15 is 0 Å². The number of carbonyl (C=O) groups is 2. The van der Waals surface area contributed by atoms with Crippen molar-refractivity contribution in [3.8, 4) is 0 Å². The van der Waals surface area contributed by atoms with E-state index in [4.69, 9.17) is 0 Å². The summed E-state index contributed by atoms with van der Waals surface area (Å²) in [7, 11) is -3.73. The Morgan fingerprint density at radius 2 is 1.68 bits per heavy atom. The van der Waals surface area contributed by atoms with E-state index in [-0.39, 0.29) is 35.7 Å². The summed E-state index contributed by atoms with van der Waals surface area (Å²) in [5.41, 5.74) is 0.962. The lowest BCUT2D eigenvalue weighted by molar-refractivity contribution is -0.131. The van der Waals surface area contributed by atoms with Gasteiger partial charge in [-0.1, -0.05) is 30.3 Å². The van der Waals surface area contributed by atoms with E-state index < -0.39 is 21.9 Å². The molecule has 0 radical (unpaired) electrons. The fourth-order valence-electron chi connectivity index (χ4n) is 3.45. The maximum Gasteiger partial charge on any atom is 0.243 e. The second-order valence-corrected chi connectivity index (χ2v) is 9.50. The maximum atomic E-state index is 13.1. The molecule has 7 nitrogen and oxygen atoms in total. The van der Waals surface area contributed by atoms with Crippen LogP contribution in [0.1, 0.15) is 25.3 Å². The molecule has 0 spiro atoms. The second kappa shape index (κ2) is 10.0. The van der Waals surface area contributed by atoms with Crippen LogP contribution in [-0.2, 0) is 26.2 Å². The molecule has 1 aliphatic heterocycles. The van der Waals surface area contributed by atoms with Gasteiger partial charge in [-0.3, -0.25) is 9.59 Å². The Balaban J connectivity index is 1.48. The van der Waals surface area contributed by atoms with Crippen LogP contribution >= 0.6 is 0 Å². The number of rotatable bonds is 7. The highest BCUT2D eigenvalue weighted by Gasteiger charge is 2.32. The highest BCUT2D eigenvalue weighted by molar-refractivity contribution is 7.89. The summed E-state index contributed by atoms with van der Waals surface area (Å²) < 4.78 is 39.7. The molecule has 2 amide bonds. The Bertz CT molecular complexity index is 1000. The number of nitrogens with zero attached hydrogens (tertiary/aromatic N) is 1. The SMILES string of the molecule is CC(NC(=O)C1CCN(S(=O)(=O)c2ccc(F)cc2)CC1)C(=O)NCc1ccccc1. The van der Waals surface area contributed by atoms with Gasteiger partial charge in [0.05, 0.1) is 4.90 Å². The van der Waals surface area contributed by atoms with Crippen LogP contribution in [0.4, 0.5) is 4.39 Å². The van der Waals surface area contributed by atoms with Crippen molar-refractivity contribution in [1.82, 2.24) is 14.9 Å². The first kappa shape index (κ1) is 22.9. The first-order chi connectivity index (χ1) is 14.8. The van der Waals surface area contributed by atoms with Crippen LogP contribution in [-0.4, -0.2) is 43.7 Å². The van der Waals surface area contributed by atoms with Gasteiger partial charge in [-0.05, 0) is 49.6 Å². The second-order valence-electron chi connectivity index (χ2n) is 7.57. The average Bonchev–Trinajstić information content (AvgIpc) is 2.78. The van der Waals surface area contributed by atoms with Crippen molar-refractivity contribution in [1.29, 1.82) is 0 Å². The Kier molecular flexibility index (Phi) is 7.40. The molecule has 1 saturated heterocycles. The fourth-order valence-corrected chi connectivity index (χ4v) is 4.92. The fraction of sp³-hybridized carbons (Fsp3) is 0.364. The number of amides is 2. The molecule has 0 saturated carbocycles. The minimum Gasteiger partial charge on any atom is -0.350 e. The first-order valence-electron chi connectivity index (χ1n) is 10.1. The van der Waals surface area contributed by atoms with Gasteiger partial charge in [0.25, 0.3) is 0 Å². The highest BCUT2D eigenvalue weighted by Crippen LogP contribution is 2.24. The van der Waals surface area contributed by atoms with Gasteiger partial charge >= 0.3 is 0 Å². The molecule has 2 N–H and O–H groups in total. The zero-order valence-electron chi connectivity index (χ0n) is 17.3. The number of piperidine rings is 1. The summed E-state index contributed by atoms with van der Waals surface area (Å²) in [5.74, 6) is -1.42. The maximum absolute atomic E-state index is 13.1.